The molecular formula is C14H19ClF2N2O3S. The maximum absolute atomic E-state index is 12.4. The van der Waals surface area contributed by atoms with Crippen LogP contribution in [0.1, 0.15) is 22.8 Å². The van der Waals surface area contributed by atoms with Gasteiger partial charge in [0.25, 0.3) is 5.91 Å². The van der Waals surface area contributed by atoms with E-state index >= 15 is 0 Å². The number of piperazine rings is 1. The number of hydrogen-bond acceptors (Lipinski definition) is 4. The molecule has 0 aliphatic carbocycles. The van der Waals surface area contributed by atoms with Crippen molar-refractivity contribution in [1.82, 2.24) is 10.2 Å². The smallest absolute Gasteiger partial charge is 0.333 e. The summed E-state index contributed by atoms with van der Waals surface area (Å²) in [6.07, 6.45) is 0. The minimum Gasteiger partial charge on any atom is -0.333 e. The van der Waals surface area contributed by atoms with Gasteiger partial charge in [0.2, 0.25) is 9.84 Å². The lowest BCUT2D eigenvalue weighted by molar-refractivity contribution is 0.0655. The summed E-state index contributed by atoms with van der Waals surface area (Å²) in [6, 6.07) is 5.83. The molecule has 0 bridgehead atoms. The highest BCUT2D eigenvalue weighted by molar-refractivity contribution is 7.90. The van der Waals surface area contributed by atoms with Crippen molar-refractivity contribution in [3.63, 3.8) is 0 Å². The first-order chi connectivity index (χ1) is 10.3. The second-order valence-corrected chi connectivity index (χ2v) is 7.29. The molecule has 1 aromatic carbocycles. The average molecular weight is 369 g/mol. The van der Waals surface area contributed by atoms with Gasteiger partial charge in [-0.05, 0) is 24.6 Å². The first-order valence-corrected chi connectivity index (χ1v) is 8.63. The lowest BCUT2D eigenvalue weighted by Gasteiger charge is -2.34. The summed E-state index contributed by atoms with van der Waals surface area (Å²) in [5, 5.41) is 3.18. The van der Waals surface area contributed by atoms with E-state index < -0.39 is 21.3 Å². The predicted molar refractivity (Wildman–Crippen MR) is 85.7 cm³/mol. The summed E-state index contributed by atoms with van der Waals surface area (Å²) in [6.45, 7) is 3.98. The van der Waals surface area contributed by atoms with Crippen LogP contribution in [0.5, 0.6) is 0 Å². The van der Waals surface area contributed by atoms with E-state index in [-0.39, 0.29) is 29.9 Å². The summed E-state index contributed by atoms with van der Waals surface area (Å²) in [4.78, 5) is 14.1. The van der Waals surface area contributed by atoms with Crippen LogP contribution in [0, 0.1) is 0 Å². The first kappa shape index (κ1) is 19.8. The molecule has 5 nitrogen and oxygen atoms in total. The molecule has 1 aliphatic heterocycles. The number of benzene rings is 1. The number of hydrogen-bond donors (Lipinski definition) is 1. The van der Waals surface area contributed by atoms with Crippen molar-refractivity contribution in [2.75, 3.05) is 19.6 Å². The summed E-state index contributed by atoms with van der Waals surface area (Å²) in [7, 11) is -4.45. The second-order valence-electron chi connectivity index (χ2n) is 5.32. The Labute approximate surface area is 140 Å². The topological polar surface area (TPSA) is 66.5 Å². The molecule has 1 amide bonds. The van der Waals surface area contributed by atoms with E-state index in [1.54, 1.807) is 4.90 Å². The van der Waals surface area contributed by atoms with Crippen molar-refractivity contribution < 1.29 is 22.0 Å². The third kappa shape index (κ3) is 4.86. The lowest BCUT2D eigenvalue weighted by atomic mass is 10.1. The summed E-state index contributed by atoms with van der Waals surface area (Å²) in [5.74, 6) is -4.27. The van der Waals surface area contributed by atoms with Crippen molar-refractivity contribution in [2.45, 2.75) is 24.5 Å². The van der Waals surface area contributed by atoms with Crippen molar-refractivity contribution >= 4 is 28.2 Å². The number of amides is 1. The third-order valence-electron chi connectivity index (χ3n) is 3.60. The normalized spacial score (nSPS) is 18.6. The van der Waals surface area contributed by atoms with Crippen LogP contribution in [-0.2, 0) is 15.6 Å². The molecular weight excluding hydrogens is 350 g/mol. The molecule has 1 N–H and O–H groups in total. The number of alkyl halides is 2. The van der Waals surface area contributed by atoms with E-state index in [0.29, 0.717) is 12.1 Å². The zero-order valence-corrected chi connectivity index (χ0v) is 14.2. The fraction of sp³-hybridized carbons (Fsp3) is 0.500. The molecule has 23 heavy (non-hydrogen) atoms. The van der Waals surface area contributed by atoms with Crippen LogP contribution >= 0.6 is 12.4 Å². The Kier molecular flexibility index (Phi) is 6.91. The first-order valence-electron chi connectivity index (χ1n) is 6.91. The molecule has 130 valence electrons. The number of carbonyl (C=O) groups excluding carboxylic acids is 1. The van der Waals surface area contributed by atoms with Gasteiger partial charge in [-0.1, -0.05) is 12.1 Å². The molecule has 0 saturated carbocycles. The quantitative estimate of drug-likeness (QED) is 0.878. The minimum absolute atomic E-state index is 0. The van der Waals surface area contributed by atoms with E-state index in [1.165, 1.54) is 24.3 Å². The summed E-state index contributed by atoms with van der Waals surface area (Å²) < 4.78 is 47.0. The van der Waals surface area contributed by atoms with Gasteiger partial charge < -0.3 is 10.2 Å². The standard InChI is InChI=1S/C14H18F2N2O3S.ClH/c1-10-8-17-6-7-18(10)13(19)12-4-2-11(3-5-12)9-22(20,21)14(15)16;/h2-5,10,14,17H,6-9H2,1H3;1H. The summed E-state index contributed by atoms with van der Waals surface area (Å²) in [5.41, 5.74) is 0.664. The van der Waals surface area contributed by atoms with E-state index in [0.717, 1.165) is 13.1 Å². The molecule has 0 spiro atoms. The Balaban J connectivity index is 0.00000264. The van der Waals surface area contributed by atoms with Crippen LogP contribution < -0.4 is 5.32 Å². The Morgan fingerprint density at radius 3 is 2.48 bits per heavy atom. The molecule has 1 aliphatic rings. The van der Waals surface area contributed by atoms with Crippen molar-refractivity contribution in [1.29, 1.82) is 0 Å². The minimum atomic E-state index is -4.45. The molecule has 1 heterocycles. The van der Waals surface area contributed by atoms with Gasteiger partial charge in [0.15, 0.2) is 0 Å². The third-order valence-corrected chi connectivity index (χ3v) is 4.88. The zero-order valence-electron chi connectivity index (χ0n) is 12.5. The van der Waals surface area contributed by atoms with Gasteiger partial charge in [0.05, 0.1) is 5.75 Å². The number of sulfone groups is 1. The fourth-order valence-electron chi connectivity index (χ4n) is 2.35. The number of nitrogens with one attached hydrogen (secondary N) is 1. The highest BCUT2D eigenvalue weighted by Crippen LogP contribution is 2.16. The van der Waals surface area contributed by atoms with E-state index in [9.17, 15) is 22.0 Å². The molecule has 0 aromatic heterocycles. The largest absolute Gasteiger partial charge is 0.337 e. The van der Waals surface area contributed by atoms with Crippen molar-refractivity contribution in [3.05, 3.63) is 35.4 Å². The van der Waals surface area contributed by atoms with Gasteiger partial charge >= 0.3 is 5.76 Å². The SMILES string of the molecule is CC1CNCCN1C(=O)c1ccc(CS(=O)(=O)C(F)F)cc1.Cl. The second kappa shape index (κ2) is 8.03. The van der Waals surface area contributed by atoms with Crippen LogP contribution in [0.3, 0.4) is 0 Å². The molecule has 1 aromatic rings. The van der Waals surface area contributed by atoms with Gasteiger partial charge in [-0.3, -0.25) is 4.79 Å². The number of rotatable bonds is 4. The van der Waals surface area contributed by atoms with E-state index in [1.807, 2.05) is 6.92 Å². The maximum atomic E-state index is 12.4. The lowest BCUT2D eigenvalue weighted by Crippen LogP contribution is -2.52. The predicted octanol–water partition coefficient (Wildman–Crippen LogP) is 1.68. The van der Waals surface area contributed by atoms with E-state index in [2.05, 4.69) is 5.32 Å². The van der Waals surface area contributed by atoms with Crippen LogP contribution in [0.25, 0.3) is 0 Å². The Bertz CT molecular complexity index is 638. The monoisotopic (exact) mass is 368 g/mol. The van der Waals surface area contributed by atoms with E-state index in [4.69, 9.17) is 0 Å². The summed E-state index contributed by atoms with van der Waals surface area (Å²) >= 11 is 0. The number of nitrogens with zero attached hydrogens (tertiary/aromatic N) is 1. The molecule has 1 saturated heterocycles. The highest BCUT2D eigenvalue weighted by atomic mass is 35.5. The molecule has 1 atom stereocenters. The van der Waals surface area contributed by atoms with Crippen molar-refractivity contribution in [3.8, 4) is 0 Å². The van der Waals surface area contributed by atoms with Crippen LogP contribution in [-0.4, -0.2) is 50.7 Å². The fourth-order valence-corrected chi connectivity index (χ4v) is 3.13. The van der Waals surface area contributed by atoms with Crippen molar-refractivity contribution in [2.24, 2.45) is 0 Å². The Morgan fingerprint density at radius 1 is 1.35 bits per heavy atom. The zero-order chi connectivity index (χ0) is 16.3. The van der Waals surface area contributed by atoms with Crippen LogP contribution in [0.2, 0.25) is 0 Å². The van der Waals surface area contributed by atoms with Crippen LogP contribution in [0.15, 0.2) is 24.3 Å². The Hall–Kier alpha value is -1.25. The molecule has 2 rings (SSSR count). The molecule has 9 heteroatoms. The van der Waals surface area contributed by atoms with Gasteiger partial charge in [0, 0.05) is 31.2 Å². The molecule has 1 fully saturated rings. The molecule has 1 unspecified atom stereocenters. The average Bonchev–Trinajstić information content (AvgIpc) is 2.47. The number of halogens is 3. The molecule has 0 radical (unpaired) electrons. The van der Waals surface area contributed by atoms with Gasteiger partial charge in [-0.15, -0.1) is 12.4 Å². The maximum Gasteiger partial charge on any atom is 0.337 e. The Morgan fingerprint density at radius 2 is 1.96 bits per heavy atom. The van der Waals surface area contributed by atoms with Gasteiger partial charge in [-0.25, -0.2) is 8.42 Å². The highest BCUT2D eigenvalue weighted by Gasteiger charge is 2.26. The number of carbonyl (C=O) groups is 1. The van der Waals surface area contributed by atoms with Gasteiger partial charge in [0.1, 0.15) is 0 Å². The van der Waals surface area contributed by atoms with Crippen LogP contribution in [0.4, 0.5) is 8.78 Å². The van der Waals surface area contributed by atoms with Gasteiger partial charge in [-0.2, -0.15) is 8.78 Å².